The lowest BCUT2D eigenvalue weighted by atomic mass is 10.2. The van der Waals surface area contributed by atoms with Crippen LogP contribution >= 0.6 is 15.9 Å². The van der Waals surface area contributed by atoms with Gasteiger partial charge in [0.25, 0.3) is 5.91 Å². The highest BCUT2D eigenvalue weighted by atomic mass is 79.9. The smallest absolute Gasteiger partial charge is 0.344 e. The average molecular weight is 521 g/mol. The van der Waals surface area contributed by atoms with Crippen LogP contribution in [0.15, 0.2) is 65.7 Å². The third kappa shape index (κ3) is 4.87. The number of esters is 1. The first-order valence-corrected chi connectivity index (χ1v) is 12.0. The summed E-state index contributed by atoms with van der Waals surface area (Å²) in [7, 11) is 0. The Bertz CT molecular complexity index is 1380. The van der Waals surface area contributed by atoms with Crippen molar-refractivity contribution < 1.29 is 14.3 Å². The minimum absolute atomic E-state index is 0.190. The highest BCUT2D eigenvalue weighted by Crippen LogP contribution is 2.31. The fourth-order valence-electron chi connectivity index (χ4n) is 3.73. The van der Waals surface area contributed by atoms with Crippen molar-refractivity contribution in [3.05, 3.63) is 76.8 Å². The molecule has 0 atom stereocenters. The molecule has 0 fully saturated rings. The number of unbranched alkanes of at least 4 members (excludes halogenated alkanes) is 2. The van der Waals surface area contributed by atoms with Crippen molar-refractivity contribution in [2.24, 2.45) is 0 Å². The molecule has 174 valence electrons. The molecule has 0 aliphatic carbocycles. The van der Waals surface area contributed by atoms with Crippen LogP contribution in [-0.4, -0.2) is 33.0 Å². The van der Waals surface area contributed by atoms with E-state index in [0.29, 0.717) is 40.9 Å². The lowest BCUT2D eigenvalue weighted by molar-refractivity contribution is 0.0501. The van der Waals surface area contributed by atoms with Gasteiger partial charge in [-0.1, -0.05) is 60.0 Å². The van der Waals surface area contributed by atoms with E-state index in [1.165, 1.54) is 0 Å². The highest BCUT2D eigenvalue weighted by Gasteiger charge is 2.28. The van der Waals surface area contributed by atoms with Crippen LogP contribution in [0.5, 0.6) is 0 Å². The lowest BCUT2D eigenvalue weighted by Gasteiger charge is -2.12. The predicted octanol–water partition coefficient (Wildman–Crippen LogP) is 6.13. The number of carbonyl (C=O) groups excluding carboxylic acids is 2. The minimum atomic E-state index is -0.543. The number of nitrogens with zero attached hydrogens (tertiary/aromatic N) is 3. The topological polar surface area (TPSA) is 86.1 Å². The van der Waals surface area contributed by atoms with E-state index in [2.05, 4.69) is 34.7 Å². The van der Waals surface area contributed by atoms with Crippen molar-refractivity contribution >= 4 is 55.8 Å². The third-order valence-electron chi connectivity index (χ3n) is 5.37. The monoisotopic (exact) mass is 520 g/mol. The number of carbonyl (C=O) groups is 2. The Kier molecular flexibility index (Phi) is 7.37. The summed E-state index contributed by atoms with van der Waals surface area (Å²) in [5.74, 6) is -0.618. The van der Waals surface area contributed by atoms with Gasteiger partial charge in [-0.2, -0.15) is 0 Å². The second kappa shape index (κ2) is 10.6. The van der Waals surface area contributed by atoms with Crippen LogP contribution in [0.25, 0.3) is 22.2 Å². The van der Waals surface area contributed by atoms with Crippen molar-refractivity contribution in [3.8, 4) is 0 Å². The van der Waals surface area contributed by atoms with Crippen LogP contribution in [0.2, 0.25) is 0 Å². The van der Waals surface area contributed by atoms with E-state index in [1.807, 2.05) is 30.3 Å². The molecule has 7 nitrogen and oxygen atoms in total. The third-order valence-corrected chi connectivity index (χ3v) is 5.86. The zero-order valence-electron chi connectivity index (χ0n) is 18.9. The Balaban J connectivity index is 1.86. The Hall–Kier alpha value is -3.52. The first kappa shape index (κ1) is 23.6. The van der Waals surface area contributed by atoms with Crippen molar-refractivity contribution in [2.75, 3.05) is 11.9 Å². The Morgan fingerprint density at radius 2 is 1.88 bits per heavy atom. The summed E-state index contributed by atoms with van der Waals surface area (Å²) in [6, 6.07) is 14.5. The van der Waals surface area contributed by atoms with Crippen molar-refractivity contribution in [2.45, 2.75) is 32.7 Å². The van der Waals surface area contributed by atoms with Gasteiger partial charge in [-0.3, -0.25) is 4.79 Å². The molecule has 1 N–H and O–H groups in total. The highest BCUT2D eigenvalue weighted by molar-refractivity contribution is 9.10. The van der Waals surface area contributed by atoms with Gasteiger partial charge in [0.1, 0.15) is 16.9 Å². The number of aromatic nitrogens is 3. The number of nitrogens with one attached hydrogen (secondary N) is 1. The molecule has 0 radical (unpaired) electrons. The number of para-hydroxylation sites is 2. The molecule has 0 aliphatic heterocycles. The molecule has 2 heterocycles. The Morgan fingerprint density at radius 1 is 1.12 bits per heavy atom. The molecule has 4 rings (SSSR count). The average Bonchev–Trinajstić information content (AvgIpc) is 3.12. The first-order chi connectivity index (χ1) is 16.5. The second-order valence-electron chi connectivity index (χ2n) is 7.81. The molecule has 4 aromatic rings. The van der Waals surface area contributed by atoms with Crippen molar-refractivity contribution in [1.29, 1.82) is 0 Å². The van der Waals surface area contributed by atoms with E-state index < -0.39 is 5.97 Å². The van der Waals surface area contributed by atoms with E-state index in [0.717, 1.165) is 23.7 Å². The molecule has 8 heteroatoms. The summed E-state index contributed by atoms with van der Waals surface area (Å²) in [6.07, 6.45) is 4.42. The fourth-order valence-corrected chi connectivity index (χ4v) is 4.13. The maximum absolute atomic E-state index is 13.3. The number of rotatable bonds is 9. The van der Waals surface area contributed by atoms with Gasteiger partial charge in [-0.05, 0) is 36.8 Å². The van der Waals surface area contributed by atoms with Gasteiger partial charge in [-0.25, -0.2) is 14.8 Å². The largest absolute Gasteiger partial charge is 0.462 e. The van der Waals surface area contributed by atoms with E-state index in [-0.39, 0.29) is 17.3 Å². The minimum Gasteiger partial charge on any atom is -0.462 e. The van der Waals surface area contributed by atoms with E-state index in [4.69, 9.17) is 14.7 Å². The van der Waals surface area contributed by atoms with Gasteiger partial charge in [0.2, 0.25) is 0 Å². The van der Waals surface area contributed by atoms with Gasteiger partial charge < -0.3 is 14.6 Å². The molecule has 2 aromatic carbocycles. The van der Waals surface area contributed by atoms with Gasteiger partial charge in [0, 0.05) is 16.6 Å². The molecule has 0 spiro atoms. The maximum Gasteiger partial charge on any atom is 0.344 e. The second-order valence-corrected chi connectivity index (χ2v) is 8.73. The van der Waals surface area contributed by atoms with Gasteiger partial charge in [0.05, 0.1) is 17.6 Å². The predicted molar refractivity (Wildman–Crippen MR) is 137 cm³/mol. The molecule has 34 heavy (non-hydrogen) atoms. The standard InChI is InChI=1S/C26H25BrN4O3/c1-3-5-8-15-34-26(33)21-22-24(29-20-13-7-6-12-19(20)28-22)31(14-4-2)23(21)30-25(32)17-10-9-11-18(27)16-17/h4,6-7,9-13,16H,2-3,5,8,14-15H2,1H3,(H,30,32). The number of amides is 1. The number of anilines is 1. The van der Waals surface area contributed by atoms with Crippen molar-refractivity contribution in [3.63, 3.8) is 0 Å². The van der Waals surface area contributed by atoms with Gasteiger partial charge in [0.15, 0.2) is 5.65 Å². The van der Waals surface area contributed by atoms with E-state index in [1.54, 1.807) is 28.8 Å². The van der Waals surface area contributed by atoms with Crippen LogP contribution in [0.1, 0.15) is 46.9 Å². The van der Waals surface area contributed by atoms with E-state index >= 15 is 0 Å². The van der Waals surface area contributed by atoms with Crippen LogP contribution in [0.4, 0.5) is 5.82 Å². The zero-order chi connectivity index (χ0) is 24.1. The molecule has 2 aromatic heterocycles. The van der Waals surface area contributed by atoms with Crippen LogP contribution in [0.3, 0.4) is 0 Å². The molecule has 0 aliphatic rings. The van der Waals surface area contributed by atoms with E-state index in [9.17, 15) is 9.59 Å². The molecule has 0 saturated carbocycles. The fraction of sp³-hybridized carbons (Fsp3) is 0.231. The van der Waals surface area contributed by atoms with Gasteiger partial charge >= 0.3 is 5.97 Å². The van der Waals surface area contributed by atoms with Crippen LogP contribution in [-0.2, 0) is 11.3 Å². The molecule has 0 saturated heterocycles. The summed E-state index contributed by atoms with van der Waals surface area (Å²) in [4.78, 5) is 35.9. The number of ether oxygens (including phenoxy) is 1. The van der Waals surface area contributed by atoms with Gasteiger partial charge in [-0.15, -0.1) is 6.58 Å². The quantitative estimate of drug-likeness (QED) is 0.163. The molecule has 0 bridgehead atoms. The number of hydrogen-bond donors (Lipinski definition) is 1. The molecule has 1 amide bonds. The summed E-state index contributed by atoms with van der Waals surface area (Å²) >= 11 is 3.39. The number of allylic oxidation sites excluding steroid dienone is 1. The SMILES string of the molecule is C=CCn1c(NC(=O)c2cccc(Br)c2)c(C(=O)OCCCCC)c2nc3ccccc3nc21. The summed E-state index contributed by atoms with van der Waals surface area (Å²) in [5, 5.41) is 2.91. The number of halogens is 1. The Morgan fingerprint density at radius 3 is 2.59 bits per heavy atom. The maximum atomic E-state index is 13.3. The number of benzene rings is 2. The number of hydrogen-bond acceptors (Lipinski definition) is 5. The molecular formula is C26H25BrN4O3. The first-order valence-electron chi connectivity index (χ1n) is 11.2. The summed E-state index contributed by atoms with van der Waals surface area (Å²) in [5.41, 5.74) is 2.82. The lowest BCUT2D eigenvalue weighted by Crippen LogP contribution is -2.18. The molecule has 0 unspecified atom stereocenters. The normalized spacial score (nSPS) is 11.0. The number of fused-ring (bicyclic) bond motifs is 2. The molecular weight excluding hydrogens is 496 g/mol. The Labute approximate surface area is 206 Å². The van der Waals surface area contributed by atoms with Crippen LogP contribution in [0, 0.1) is 0 Å². The summed E-state index contributed by atoms with van der Waals surface area (Å²) in [6.45, 7) is 6.53. The zero-order valence-corrected chi connectivity index (χ0v) is 20.5. The van der Waals surface area contributed by atoms with Crippen LogP contribution < -0.4 is 5.32 Å². The van der Waals surface area contributed by atoms with Crippen molar-refractivity contribution in [1.82, 2.24) is 14.5 Å². The summed E-state index contributed by atoms with van der Waals surface area (Å²) < 4.78 is 8.10.